The van der Waals surface area contributed by atoms with E-state index in [1.54, 1.807) is 35.3 Å². The van der Waals surface area contributed by atoms with E-state index < -0.39 is 0 Å². The van der Waals surface area contributed by atoms with Crippen molar-refractivity contribution in [3.05, 3.63) is 78.4 Å². The molecule has 30 heavy (non-hydrogen) atoms. The highest BCUT2D eigenvalue weighted by Crippen LogP contribution is 2.25. The number of piperazine rings is 1. The number of nitrogens with zero attached hydrogens (tertiary/aromatic N) is 5. The third kappa shape index (κ3) is 4.55. The van der Waals surface area contributed by atoms with Gasteiger partial charge < -0.3 is 15.1 Å². The monoisotopic (exact) mass is 404 g/mol. The van der Waals surface area contributed by atoms with Gasteiger partial charge in [0.25, 0.3) is 5.91 Å². The zero-order chi connectivity index (χ0) is 20.9. The Morgan fingerprint density at radius 2 is 1.90 bits per heavy atom. The molecule has 1 fully saturated rings. The van der Waals surface area contributed by atoms with Crippen molar-refractivity contribution in [2.45, 2.75) is 12.6 Å². The van der Waals surface area contributed by atoms with Crippen molar-refractivity contribution in [2.75, 3.05) is 32.0 Å². The summed E-state index contributed by atoms with van der Waals surface area (Å²) in [4.78, 5) is 33.5. The van der Waals surface area contributed by atoms with Gasteiger partial charge in [0.15, 0.2) is 0 Å². The fourth-order valence-corrected chi connectivity index (χ4v) is 3.61. The zero-order valence-electron chi connectivity index (χ0n) is 16.8. The molecule has 1 atom stereocenters. The summed E-state index contributed by atoms with van der Waals surface area (Å²) >= 11 is 0. The number of carbonyl (C=O) groups excluding carboxylic acids is 2. The largest absolute Gasteiger partial charge is 0.331 e. The van der Waals surface area contributed by atoms with E-state index in [0.29, 0.717) is 17.9 Å². The van der Waals surface area contributed by atoms with Gasteiger partial charge in [0.1, 0.15) is 12.2 Å². The number of aromatic nitrogens is 3. The Balaban J connectivity index is 1.42. The first kappa shape index (κ1) is 19.8. The van der Waals surface area contributed by atoms with Crippen molar-refractivity contribution in [3.63, 3.8) is 0 Å². The lowest BCUT2D eigenvalue weighted by Crippen LogP contribution is -2.50. The number of hydrogen-bond acceptors (Lipinski definition) is 5. The van der Waals surface area contributed by atoms with Crippen LogP contribution in [0.4, 0.5) is 5.69 Å². The third-order valence-corrected chi connectivity index (χ3v) is 5.17. The van der Waals surface area contributed by atoms with E-state index in [1.807, 2.05) is 23.1 Å². The molecule has 3 heterocycles. The molecule has 1 aliphatic rings. The Morgan fingerprint density at radius 3 is 2.67 bits per heavy atom. The molecule has 2 amide bonds. The molecular formula is C22H24N6O2. The van der Waals surface area contributed by atoms with Gasteiger partial charge in [0.2, 0.25) is 5.91 Å². The second-order valence-corrected chi connectivity index (χ2v) is 7.37. The highest BCUT2D eigenvalue weighted by molar-refractivity contribution is 6.02. The average molecular weight is 404 g/mol. The van der Waals surface area contributed by atoms with Crippen LogP contribution in [0.1, 0.15) is 22.1 Å². The highest BCUT2D eigenvalue weighted by Gasteiger charge is 2.30. The summed E-state index contributed by atoms with van der Waals surface area (Å²) in [6.45, 7) is 2.41. The van der Waals surface area contributed by atoms with Gasteiger partial charge >= 0.3 is 0 Å². The highest BCUT2D eigenvalue weighted by atomic mass is 16.2. The van der Waals surface area contributed by atoms with Crippen LogP contribution in [-0.4, -0.2) is 63.1 Å². The number of nitrogens with one attached hydrogen (secondary N) is 1. The van der Waals surface area contributed by atoms with Gasteiger partial charge in [0, 0.05) is 32.0 Å². The minimum absolute atomic E-state index is 0.00246. The average Bonchev–Trinajstić information content (AvgIpc) is 3.21. The van der Waals surface area contributed by atoms with E-state index in [-0.39, 0.29) is 24.4 Å². The molecule has 1 saturated heterocycles. The quantitative estimate of drug-likeness (QED) is 0.704. The van der Waals surface area contributed by atoms with E-state index in [9.17, 15) is 9.59 Å². The lowest BCUT2D eigenvalue weighted by Gasteiger charge is -2.40. The minimum Gasteiger partial charge on any atom is -0.331 e. The summed E-state index contributed by atoms with van der Waals surface area (Å²) < 4.78 is 1.55. The molecule has 0 saturated carbocycles. The van der Waals surface area contributed by atoms with Crippen LogP contribution in [0, 0.1) is 0 Å². The molecule has 1 aromatic carbocycles. The number of carbonyl (C=O) groups is 2. The maximum atomic E-state index is 13.1. The number of anilines is 1. The first-order valence-corrected chi connectivity index (χ1v) is 9.88. The fraction of sp³-hybridized carbons (Fsp3) is 0.273. The van der Waals surface area contributed by atoms with Gasteiger partial charge in [-0.15, -0.1) is 0 Å². The van der Waals surface area contributed by atoms with Crippen LogP contribution in [0.2, 0.25) is 0 Å². The Bertz CT molecular complexity index is 1000. The van der Waals surface area contributed by atoms with Crippen LogP contribution in [0.3, 0.4) is 0 Å². The lowest BCUT2D eigenvalue weighted by atomic mass is 10.0. The fourth-order valence-electron chi connectivity index (χ4n) is 3.61. The maximum Gasteiger partial charge on any atom is 0.274 e. The van der Waals surface area contributed by atoms with Crippen LogP contribution in [-0.2, 0) is 11.3 Å². The molecule has 0 spiro atoms. The smallest absolute Gasteiger partial charge is 0.274 e. The van der Waals surface area contributed by atoms with Gasteiger partial charge in [-0.2, -0.15) is 5.10 Å². The first-order valence-electron chi connectivity index (χ1n) is 9.88. The van der Waals surface area contributed by atoms with Crippen LogP contribution >= 0.6 is 0 Å². The predicted octanol–water partition coefficient (Wildman–Crippen LogP) is 2.05. The van der Waals surface area contributed by atoms with E-state index in [2.05, 4.69) is 39.5 Å². The molecule has 0 unspecified atom stereocenters. The Kier molecular flexibility index (Phi) is 5.85. The van der Waals surface area contributed by atoms with Crippen molar-refractivity contribution in [1.29, 1.82) is 0 Å². The van der Waals surface area contributed by atoms with Crippen molar-refractivity contribution in [3.8, 4) is 0 Å². The second kappa shape index (κ2) is 8.87. The van der Waals surface area contributed by atoms with Crippen LogP contribution in [0.15, 0.2) is 67.1 Å². The van der Waals surface area contributed by atoms with E-state index >= 15 is 0 Å². The summed E-state index contributed by atoms with van der Waals surface area (Å²) in [6.07, 6.45) is 4.76. The standard InChI is InChI=1S/C22H24N6O2/c1-26-11-12-28(20(15-26)17-7-3-2-4-8-17)21(29)16-27-14-18(13-24-27)25-22(30)19-9-5-6-10-23-19/h2-10,13-14,20H,11-12,15-16H2,1H3,(H,25,30)/t20-/m1/s1. The lowest BCUT2D eigenvalue weighted by molar-refractivity contribution is -0.137. The van der Waals surface area contributed by atoms with E-state index in [4.69, 9.17) is 0 Å². The molecule has 8 heteroatoms. The number of rotatable bonds is 5. The van der Waals surface area contributed by atoms with Crippen LogP contribution in [0.25, 0.3) is 0 Å². The van der Waals surface area contributed by atoms with Gasteiger partial charge in [-0.1, -0.05) is 36.4 Å². The molecule has 4 rings (SSSR count). The Morgan fingerprint density at radius 1 is 1.10 bits per heavy atom. The van der Waals surface area contributed by atoms with Gasteiger partial charge in [-0.3, -0.25) is 19.3 Å². The molecule has 0 radical (unpaired) electrons. The normalized spacial score (nSPS) is 17.0. The zero-order valence-corrected chi connectivity index (χ0v) is 16.8. The van der Waals surface area contributed by atoms with Crippen LogP contribution in [0.5, 0.6) is 0 Å². The molecule has 1 N–H and O–H groups in total. The van der Waals surface area contributed by atoms with Crippen molar-refractivity contribution in [1.82, 2.24) is 24.6 Å². The number of pyridine rings is 1. The van der Waals surface area contributed by atoms with Crippen molar-refractivity contribution >= 4 is 17.5 Å². The number of amides is 2. The topological polar surface area (TPSA) is 83.4 Å². The summed E-state index contributed by atoms with van der Waals surface area (Å²) in [5, 5.41) is 6.99. The molecule has 8 nitrogen and oxygen atoms in total. The summed E-state index contributed by atoms with van der Waals surface area (Å²) in [5.74, 6) is -0.313. The van der Waals surface area contributed by atoms with Gasteiger partial charge in [-0.05, 0) is 24.7 Å². The molecule has 2 aromatic heterocycles. The summed E-state index contributed by atoms with van der Waals surface area (Å²) in [7, 11) is 2.07. The Hall–Kier alpha value is -3.52. The number of likely N-dealkylation sites (N-methyl/N-ethyl adjacent to an activating group) is 1. The Labute approximate surface area is 175 Å². The molecule has 154 valence electrons. The number of benzene rings is 1. The van der Waals surface area contributed by atoms with Gasteiger partial charge in [-0.25, -0.2) is 0 Å². The molecular weight excluding hydrogens is 380 g/mol. The summed E-state index contributed by atoms with van der Waals surface area (Å²) in [6, 6.07) is 15.2. The minimum atomic E-state index is -0.315. The molecule has 0 bridgehead atoms. The van der Waals surface area contributed by atoms with Gasteiger partial charge in [0.05, 0.1) is 17.9 Å². The van der Waals surface area contributed by atoms with E-state index in [0.717, 1.165) is 18.7 Å². The van der Waals surface area contributed by atoms with Crippen LogP contribution < -0.4 is 5.32 Å². The predicted molar refractivity (Wildman–Crippen MR) is 113 cm³/mol. The SMILES string of the molecule is CN1CCN(C(=O)Cn2cc(NC(=O)c3ccccn3)cn2)[C@@H](c2ccccc2)C1. The van der Waals surface area contributed by atoms with Crippen molar-refractivity contribution < 1.29 is 9.59 Å². The second-order valence-electron chi connectivity index (χ2n) is 7.37. The number of hydrogen-bond donors (Lipinski definition) is 1. The molecule has 3 aromatic rings. The summed E-state index contributed by atoms with van der Waals surface area (Å²) in [5.41, 5.74) is 1.97. The molecule has 1 aliphatic heterocycles. The maximum absolute atomic E-state index is 13.1. The third-order valence-electron chi connectivity index (χ3n) is 5.17. The van der Waals surface area contributed by atoms with E-state index in [1.165, 1.54) is 6.20 Å². The first-order chi connectivity index (χ1) is 14.6. The van der Waals surface area contributed by atoms with Crippen molar-refractivity contribution in [2.24, 2.45) is 0 Å². The molecule has 0 aliphatic carbocycles.